The highest BCUT2D eigenvalue weighted by Crippen LogP contribution is 2.55. The van der Waals surface area contributed by atoms with Gasteiger partial charge in [0.15, 0.2) is 16.1 Å². The molecule has 0 fully saturated rings. The highest BCUT2D eigenvalue weighted by atomic mass is 32.1. The monoisotopic (exact) mass is 601 g/mol. The number of rotatable bonds is 3. The van der Waals surface area contributed by atoms with E-state index in [0.717, 1.165) is 26.9 Å². The van der Waals surface area contributed by atoms with Crippen LogP contribution in [0.3, 0.4) is 0 Å². The normalized spacial score (nSPS) is 17.4. The van der Waals surface area contributed by atoms with Crippen molar-refractivity contribution >= 4 is 55.2 Å². The van der Waals surface area contributed by atoms with Crippen LogP contribution in [0.25, 0.3) is 21.2 Å². The number of aromatic nitrogens is 1. The molecule has 4 aromatic carbocycles. The van der Waals surface area contributed by atoms with Gasteiger partial charge in [-0.25, -0.2) is 9.37 Å². The molecule has 0 bridgehead atoms. The third-order valence-corrected chi connectivity index (χ3v) is 9.53. The Morgan fingerprint density at radius 2 is 1.68 bits per heavy atom. The summed E-state index contributed by atoms with van der Waals surface area (Å²) < 4.78 is 20.8. The maximum absolute atomic E-state index is 15.1. The van der Waals surface area contributed by atoms with Crippen LogP contribution in [0.5, 0.6) is 0 Å². The first kappa shape index (κ1) is 26.5. The summed E-state index contributed by atoms with van der Waals surface area (Å²) in [5.41, 5.74) is 3.19. The van der Waals surface area contributed by atoms with E-state index >= 15 is 4.79 Å². The number of hydrogen-bond donors (Lipinski definition) is 0. The predicted molar refractivity (Wildman–Crippen MR) is 168 cm³/mol. The van der Waals surface area contributed by atoms with Crippen molar-refractivity contribution in [1.29, 1.82) is 0 Å². The average molecular weight is 602 g/mol. The van der Waals surface area contributed by atoms with Gasteiger partial charge in [0.2, 0.25) is 5.76 Å². The number of anilines is 2. The Labute approximate surface area is 254 Å². The number of aryl methyl sites for hydroxylation is 3. The Morgan fingerprint density at radius 3 is 2.48 bits per heavy atom. The fourth-order valence-corrected chi connectivity index (χ4v) is 7.85. The quantitative estimate of drug-likeness (QED) is 0.220. The van der Waals surface area contributed by atoms with E-state index in [1.54, 1.807) is 53.4 Å². The number of hydrogen-bond acceptors (Lipinski definition) is 6. The smallest absolute Gasteiger partial charge is 0.297 e. The maximum atomic E-state index is 15.1. The van der Waals surface area contributed by atoms with Crippen LogP contribution >= 0.6 is 11.3 Å². The van der Waals surface area contributed by atoms with Crippen LogP contribution < -0.4 is 15.2 Å². The van der Waals surface area contributed by atoms with Gasteiger partial charge in [0.25, 0.3) is 11.8 Å². The van der Waals surface area contributed by atoms with E-state index in [2.05, 4.69) is 0 Å². The second-order valence-electron chi connectivity index (χ2n) is 11.4. The van der Waals surface area contributed by atoms with Gasteiger partial charge < -0.3 is 9.32 Å². The molecule has 1 atom stereocenters. The number of halogens is 1. The average Bonchev–Trinajstić information content (AvgIpc) is 3.61. The summed E-state index contributed by atoms with van der Waals surface area (Å²) in [7, 11) is 0. The molecule has 0 radical (unpaired) electrons. The van der Waals surface area contributed by atoms with Gasteiger partial charge in [0.05, 0.1) is 33.4 Å². The van der Waals surface area contributed by atoms with Gasteiger partial charge in [0.1, 0.15) is 11.4 Å². The number of para-hydroxylation sites is 1. The van der Waals surface area contributed by atoms with E-state index in [4.69, 9.17) is 9.40 Å². The molecule has 0 saturated carbocycles. The molecule has 44 heavy (non-hydrogen) atoms. The Bertz CT molecular complexity index is 2290. The first-order chi connectivity index (χ1) is 21.2. The minimum Gasteiger partial charge on any atom is -0.450 e. The van der Waals surface area contributed by atoms with Gasteiger partial charge in [-0.15, -0.1) is 0 Å². The van der Waals surface area contributed by atoms with E-state index in [1.165, 1.54) is 28.4 Å². The van der Waals surface area contributed by atoms with Crippen molar-refractivity contribution in [1.82, 2.24) is 4.98 Å². The second kappa shape index (κ2) is 9.17. The number of fused-ring (bicyclic) bond motifs is 6. The number of amides is 2. The van der Waals surface area contributed by atoms with E-state index in [-0.39, 0.29) is 39.8 Å². The van der Waals surface area contributed by atoms with Crippen molar-refractivity contribution in [2.24, 2.45) is 0 Å². The minimum atomic E-state index is -1.86. The van der Waals surface area contributed by atoms with Crippen LogP contribution in [0.15, 0.2) is 88.1 Å². The standard InChI is InChI=1S/C35H24FN3O4S/c1-18-8-13-26-23(15-18)30(40)28-31(43-26)32(41)39(34-37-29-20(3)14-19(2)16-27(29)44-34)35(28)24-6-4-5-7-25(24)38(33(35)42)17-21-9-11-22(36)12-10-21/h4-16H,17H2,1-3H3. The predicted octanol–water partition coefficient (Wildman–Crippen LogP) is 6.92. The first-order valence-corrected chi connectivity index (χ1v) is 15.0. The van der Waals surface area contributed by atoms with Crippen molar-refractivity contribution in [2.75, 3.05) is 9.80 Å². The Balaban J connectivity index is 1.45. The largest absolute Gasteiger partial charge is 0.450 e. The van der Waals surface area contributed by atoms with Crippen LogP contribution in [0.4, 0.5) is 15.2 Å². The number of benzene rings is 4. The van der Waals surface area contributed by atoms with E-state index < -0.39 is 22.8 Å². The Kier molecular flexibility index (Phi) is 5.52. The van der Waals surface area contributed by atoms with Gasteiger partial charge in [0, 0.05) is 5.56 Å². The van der Waals surface area contributed by atoms with Crippen LogP contribution in [0.2, 0.25) is 0 Å². The molecule has 9 heteroatoms. The lowest BCUT2D eigenvalue weighted by atomic mass is 9.84. The number of thiazole rings is 1. The SMILES string of the molecule is Cc1cc(C)c2nc(N3C(=O)c4oc5ccc(C)cc5c(=O)c4C34C(=O)N(Cc3ccc(F)cc3)c3ccccc34)sc2c1. The molecular weight excluding hydrogens is 577 g/mol. The molecule has 1 spiro atoms. The van der Waals surface area contributed by atoms with Crippen molar-refractivity contribution in [3.05, 3.63) is 134 Å². The molecule has 4 heterocycles. The van der Waals surface area contributed by atoms with Crippen molar-refractivity contribution < 1.29 is 18.4 Å². The lowest BCUT2D eigenvalue weighted by molar-refractivity contribution is -0.121. The number of carbonyl (C=O) groups is 2. The summed E-state index contributed by atoms with van der Waals surface area (Å²) in [6, 6.07) is 22.3. The van der Waals surface area contributed by atoms with Crippen molar-refractivity contribution in [3.63, 3.8) is 0 Å². The molecule has 6 aromatic rings. The highest BCUT2D eigenvalue weighted by molar-refractivity contribution is 7.22. The molecule has 2 aromatic heterocycles. The van der Waals surface area contributed by atoms with Crippen LogP contribution in [-0.2, 0) is 16.9 Å². The Hall–Kier alpha value is -5.15. The molecule has 7 nitrogen and oxygen atoms in total. The topological polar surface area (TPSA) is 83.7 Å². The molecule has 1 unspecified atom stereocenters. The van der Waals surface area contributed by atoms with Gasteiger partial charge >= 0.3 is 0 Å². The zero-order valence-electron chi connectivity index (χ0n) is 24.0. The van der Waals surface area contributed by atoms with Crippen LogP contribution in [-0.4, -0.2) is 16.8 Å². The fraction of sp³-hybridized carbons (Fsp3) is 0.143. The number of nitrogens with zero attached hydrogens (tertiary/aromatic N) is 3. The molecule has 8 rings (SSSR count). The van der Waals surface area contributed by atoms with E-state index in [1.807, 2.05) is 39.0 Å². The van der Waals surface area contributed by atoms with Gasteiger partial charge in [-0.1, -0.05) is 59.4 Å². The van der Waals surface area contributed by atoms with Gasteiger partial charge in [-0.3, -0.25) is 19.3 Å². The zero-order valence-corrected chi connectivity index (χ0v) is 24.8. The summed E-state index contributed by atoms with van der Waals surface area (Å²) in [4.78, 5) is 52.0. The van der Waals surface area contributed by atoms with Crippen molar-refractivity contribution in [2.45, 2.75) is 32.9 Å². The molecule has 2 aliphatic heterocycles. The molecule has 2 amide bonds. The molecule has 2 aliphatic rings. The third kappa shape index (κ3) is 3.47. The fourth-order valence-electron chi connectivity index (χ4n) is 6.66. The molecular formula is C35H24FN3O4S. The van der Waals surface area contributed by atoms with E-state index in [0.29, 0.717) is 16.8 Å². The van der Waals surface area contributed by atoms with Crippen LogP contribution in [0.1, 0.15) is 43.9 Å². The Morgan fingerprint density at radius 1 is 0.909 bits per heavy atom. The lowest BCUT2D eigenvalue weighted by Gasteiger charge is -2.32. The number of carbonyl (C=O) groups excluding carboxylic acids is 2. The molecule has 0 saturated heterocycles. The molecule has 0 N–H and O–H groups in total. The summed E-state index contributed by atoms with van der Waals surface area (Å²) >= 11 is 1.29. The second-order valence-corrected chi connectivity index (χ2v) is 12.5. The minimum absolute atomic E-state index is 0.0215. The summed E-state index contributed by atoms with van der Waals surface area (Å²) in [6.07, 6.45) is 0. The van der Waals surface area contributed by atoms with Crippen molar-refractivity contribution in [3.8, 4) is 0 Å². The maximum Gasteiger partial charge on any atom is 0.297 e. The van der Waals surface area contributed by atoms with Gasteiger partial charge in [-0.2, -0.15) is 0 Å². The van der Waals surface area contributed by atoms with E-state index in [9.17, 15) is 14.0 Å². The summed E-state index contributed by atoms with van der Waals surface area (Å²) in [5.74, 6) is -1.66. The molecule has 216 valence electrons. The summed E-state index contributed by atoms with van der Waals surface area (Å²) in [5, 5.41) is 0.576. The van der Waals surface area contributed by atoms with Crippen LogP contribution in [0, 0.1) is 26.6 Å². The van der Waals surface area contributed by atoms with Gasteiger partial charge in [-0.05, 0) is 73.9 Å². The zero-order chi connectivity index (χ0) is 30.5. The highest BCUT2D eigenvalue weighted by Gasteiger charge is 2.66. The summed E-state index contributed by atoms with van der Waals surface area (Å²) in [6.45, 7) is 5.91. The third-order valence-electron chi connectivity index (χ3n) is 8.54. The lowest BCUT2D eigenvalue weighted by Crippen LogP contribution is -2.53. The molecule has 0 aliphatic carbocycles. The first-order valence-electron chi connectivity index (χ1n) is 14.1.